The topological polar surface area (TPSA) is 70.2 Å². The van der Waals surface area contributed by atoms with Gasteiger partial charge in [0.05, 0.1) is 10.6 Å². The Hall–Kier alpha value is -4.01. The normalized spacial score (nSPS) is 13.7. The van der Waals surface area contributed by atoms with E-state index in [4.69, 9.17) is 16.3 Å². The minimum atomic E-state index is -4.01. The molecule has 0 spiro atoms. The van der Waals surface area contributed by atoms with E-state index < -0.39 is 10.0 Å². The third kappa shape index (κ3) is 6.41. The molecule has 7 nitrogen and oxygen atoms in total. The zero-order valence-corrected chi connectivity index (χ0v) is 23.7. The van der Waals surface area contributed by atoms with Crippen molar-refractivity contribution < 1.29 is 17.9 Å². The molecule has 40 heavy (non-hydrogen) atoms. The summed E-state index contributed by atoms with van der Waals surface area (Å²) in [6.07, 6.45) is 0. The van der Waals surface area contributed by atoms with Gasteiger partial charge in [-0.25, -0.2) is 8.42 Å². The zero-order valence-electron chi connectivity index (χ0n) is 22.1. The molecule has 0 unspecified atom stereocenters. The minimum absolute atomic E-state index is 0.126. The molecule has 1 aliphatic rings. The van der Waals surface area contributed by atoms with E-state index in [0.29, 0.717) is 48.4 Å². The fourth-order valence-electron chi connectivity index (χ4n) is 4.57. The highest BCUT2D eigenvalue weighted by Gasteiger charge is 2.30. The Morgan fingerprint density at radius 2 is 1.48 bits per heavy atom. The first kappa shape index (κ1) is 27.6. The molecular formula is C31H30ClN3O4S. The van der Waals surface area contributed by atoms with Crippen molar-refractivity contribution in [2.45, 2.75) is 11.8 Å². The van der Waals surface area contributed by atoms with Gasteiger partial charge in [0.1, 0.15) is 18.0 Å². The Bertz CT molecular complexity index is 1550. The maximum Gasteiger partial charge on any atom is 0.264 e. The molecule has 5 rings (SSSR count). The molecule has 4 aromatic carbocycles. The van der Waals surface area contributed by atoms with Gasteiger partial charge in [0.2, 0.25) is 5.91 Å². The van der Waals surface area contributed by atoms with E-state index >= 15 is 0 Å². The van der Waals surface area contributed by atoms with Crippen LogP contribution in [0.25, 0.3) is 0 Å². The fraction of sp³-hybridized carbons (Fsp3) is 0.194. The molecule has 1 fully saturated rings. The van der Waals surface area contributed by atoms with E-state index in [9.17, 15) is 13.2 Å². The molecule has 206 valence electrons. The van der Waals surface area contributed by atoms with Crippen LogP contribution in [0.5, 0.6) is 11.5 Å². The van der Waals surface area contributed by atoms with Crippen molar-refractivity contribution >= 4 is 38.9 Å². The number of nitrogens with zero attached hydrogens (tertiary/aromatic N) is 3. The van der Waals surface area contributed by atoms with Gasteiger partial charge in [-0.1, -0.05) is 53.6 Å². The lowest BCUT2D eigenvalue weighted by Gasteiger charge is -2.37. The zero-order chi connectivity index (χ0) is 28.1. The van der Waals surface area contributed by atoms with Gasteiger partial charge >= 0.3 is 0 Å². The van der Waals surface area contributed by atoms with Gasteiger partial charge in [0.25, 0.3) is 10.0 Å². The van der Waals surface area contributed by atoms with Crippen LogP contribution in [0.4, 0.5) is 11.4 Å². The lowest BCUT2D eigenvalue weighted by atomic mass is 10.2. The van der Waals surface area contributed by atoms with E-state index in [1.54, 1.807) is 53.4 Å². The standard InChI is InChI=1S/C31H30ClN3O4S/c1-24-10-16-30(17-11-24)40(37,38)35(26-12-14-29(15-13-26)39-28-8-3-2-4-9-28)23-31(36)34-20-18-33(19-21-34)27-7-5-6-25(32)22-27/h2-17,22H,18-21,23H2,1H3. The third-order valence-electron chi connectivity index (χ3n) is 6.80. The van der Waals surface area contributed by atoms with Gasteiger partial charge in [-0.05, 0) is 73.7 Å². The van der Waals surface area contributed by atoms with Crippen LogP contribution in [-0.2, 0) is 14.8 Å². The van der Waals surface area contributed by atoms with Gasteiger partial charge in [-0.15, -0.1) is 0 Å². The highest BCUT2D eigenvalue weighted by molar-refractivity contribution is 7.92. The predicted molar refractivity (Wildman–Crippen MR) is 159 cm³/mol. The maximum atomic E-state index is 13.8. The Balaban J connectivity index is 1.35. The average molecular weight is 576 g/mol. The molecule has 1 saturated heterocycles. The molecule has 4 aromatic rings. The van der Waals surface area contributed by atoms with E-state index in [-0.39, 0.29) is 17.3 Å². The molecule has 0 aromatic heterocycles. The van der Waals surface area contributed by atoms with Crippen molar-refractivity contribution in [2.75, 3.05) is 41.9 Å². The highest BCUT2D eigenvalue weighted by Crippen LogP contribution is 2.29. The summed E-state index contributed by atoms with van der Waals surface area (Å²) >= 11 is 6.15. The van der Waals surface area contributed by atoms with E-state index in [0.717, 1.165) is 11.3 Å². The van der Waals surface area contributed by atoms with Crippen LogP contribution >= 0.6 is 11.6 Å². The number of sulfonamides is 1. The molecule has 9 heteroatoms. The summed E-state index contributed by atoms with van der Waals surface area (Å²) in [7, 11) is -4.01. The van der Waals surface area contributed by atoms with Crippen molar-refractivity contribution in [3.8, 4) is 11.5 Å². The first-order valence-corrected chi connectivity index (χ1v) is 14.8. The smallest absolute Gasteiger partial charge is 0.264 e. The van der Waals surface area contributed by atoms with Crippen molar-refractivity contribution in [1.29, 1.82) is 0 Å². The Morgan fingerprint density at radius 1 is 0.825 bits per heavy atom. The van der Waals surface area contributed by atoms with Crippen LogP contribution in [-0.4, -0.2) is 51.9 Å². The number of aryl methyl sites for hydroxylation is 1. The van der Waals surface area contributed by atoms with E-state index in [2.05, 4.69) is 4.90 Å². The number of hydrogen-bond acceptors (Lipinski definition) is 5. The van der Waals surface area contributed by atoms with Crippen molar-refractivity contribution in [3.63, 3.8) is 0 Å². The Labute approximate surface area is 240 Å². The molecule has 0 atom stereocenters. The summed E-state index contributed by atoms with van der Waals surface area (Å²) in [5.74, 6) is 0.976. The predicted octanol–water partition coefficient (Wildman–Crippen LogP) is 5.98. The van der Waals surface area contributed by atoms with Gasteiger partial charge in [-0.2, -0.15) is 0 Å². The molecular weight excluding hydrogens is 546 g/mol. The monoisotopic (exact) mass is 575 g/mol. The van der Waals surface area contributed by atoms with Crippen LogP contribution in [0.1, 0.15) is 5.56 Å². The summed E-state index contributed by atoms with van der Waals surface area (Å²) in [5, 5.41) is 0.660. The second kappa shape index (κ2) is 12.0. The van der Waals surface area contributed by atoms with Crippen LogP contribution < -0.4 is 13.9 Å². The van der Waals surface area contributed by atoms with Crippen LogP contribution in [0.3, 0.4) is 0 Å². The number of carbonyl (C=O) groups excluding carboxylic acids is 1. The number of ether oxygens (including phenoxy) is 1. The first-order valence-electron chi connectivity index (χ1n) is 13.0. The quantitative estimate of drug-likeness (QED) is 0.258. The number of rotatable bonds is 8. The van der Waals surface area contributed by atoms with E-state index in [1.807, 2.05) is 61.5 Å². The summed E-state index contributed by atoms with van der Waals surface area (Å²) in [6, 6.07) is 30.3. The second-order valence-corrected chi connectivity index (χ2v) is 11.9. The number of anilines is 2. The number of amides is 1. The van der Waals surface area contributed by atoms with Crippen molar-refractivity contribution in [1.82, 2.24) is 4.90 Å². The Morgan fingerprint density at radius 3 is 2.12 bits per heavy atom. The third-order valence-corrected chi connectivity index (χ3v) is 8.82. The lowest BCUT2D eigenvalue weighted by molar-refractivity contribution is -0.129. The average Bonchev–Trinajstić information content (AvgIpc) is 2.97. The molecule has 0 N–H and O–H groups in total. The van der Waals surface area contributed by atoms with Gasteiger partial charge in [0.15, 0.2) is 0 Å². The van der Waals surface area contributed by atoms with Gasteiger partial charge in [0, 0.05) is 36.9 Å². The molecule has 0 aliphatic carbocycles. The fourth-order valence-corrected chi connectivity index (χ4v) is 6.17. The van der Waals surface area contributed by atoms with Crippen LogP contribution in [0.15, 0.2) is 108 Å². The van der Waals surface area contributed by atoms with E-state index in [1.165, 1.54) is 4.31 Å². The first-order chi connectivity index (χ1) is 19.3. The number of benzene rings is 4. The molecule has 1 aliphatic heterocycles. The molecule has 0 saturated carbocycles. The van der Waals surface area contributed by atoms with Crippen molar-refractivity contribution in [2.24, 2.45) is 0 Å². The maximum absolute atomic E-state index is 13.8. The molecule has 1 amide bonds. The van der Waals surface area contributed by atoms with Crippen LogP contribution in [0.2, 0.25) is 5.02 Å². The molecule has 0 radical (unpaired) electrons. The number of para-hydroxylation sites is 1. The molecule has 0 bridgehead atoms. The van der Waals surface area contributed by atoms with Gasteiger partial charge in [-0.3, -0.25) is 9.10 Å². The lowest BCUT2D eigenvalue weighted by Crippen LogP contribution is -2.52. The van der Waals surface area contributed by atoms with Crippen molar-refractivity contribution in [3.05, 3.63) is 114 Å². The number of halogens is 1. The highest BCUT2D eigenvalue weighted by atomic mass is 35.5. The molecule has 1 heterocycles. The number of carbonyl (C=O) groups is 1. The van der Waals surface area contributed by atoms with Crippen LogP contribution in [0, 0.1) is 6.92 Å². The number of hydrogen-bond donors (Lipinski definition) is 0. The summed E-state index contributed by atoms with van der Waals surface area (Å²) in [6.45, 7) is 3.80. The number of piperazine rings is 1. The SMILES string of the molecule is Cc1ccc(S(=O)(=O)N(CC(=O)N2CCN(c3cccc(Cl)c3)CC2)c2ccc(Oc3ccccc3)cc2)cc1. The second-order valence-electron chi connectivity index (χ2n) is 9.58. The minimum Gasteiger partial charge on any atom is -0.457 e. The summed E-state index contributed by atoms with van der Waals surface area (Å²) in [5.41, 5.74) is 2.33. The summed E-state index contributed by atoms with van der Waals surface area (Å²) < 4.78 is 34.7. The van der Waals surface area contributed by atoms with Gasteiger partial charge < -0.3 is 14.5 Å². The largest absolute Gasteiger partial charge is 0.457 e. The Kier molecular flexibility index (Phi) is 8.28. The summed E-state index contributed by atoms with van der Waals surface area (Å²) in [4.78, 5) is 17.5.